The molecule has 162 valence electrons. The van der Waals surface area contributed by atoms with Crippen LogP contribution in [-0.2, 0) is 10.3 Å². The zero-order valence-electron chi connectivity index (χ0n) is 18.4. The van der Waals surface area contributed by atoms with Gasteiger partial charge in [-0.25, -0.2) is 0 Å². The van der Waals surface area contributed by atoms with Crippen LogP contribution in [0.1, 0.15) is 62.1 Å². The molecule has 0 aliphatic heterocycles. The van der Waals surface area contributed by atoms with Crippen LogP contribution >= 0.6 is 22.6 Å². The molecule has 0 aliphatic carbocycles. The van der Waals surface area contributed by atoms with Gasteiger partial charge in [-0.3, -0.25) is 0 Å². The summed E-state index contributed by atoms with van der Waals surface area (Å²) in [5, 5.41) is 0. The van der Waals surface area contributed by atoms with Crippen molar-refractivity contribution in [1.82, 2.24) is 0 Å². The maximum Gasteiger partial charge on any atom is 0.144 e. The Bertz CT molecular complexity index is 793. The normalized spacial score (nSPS) is 12.8. The van der Waals surface area contributed by atoms with E-state index in [2.05, 4.69) is 131 Å². The molecule has 0 N–H and O–H groups in total. The molecule has 1 nitrogen and oxygen atoms in total. The fraction of sp³-hybridized carbons (Fsp3) is 0.310. The van der Waals surface area contributed by atoms with Crippen molar-refractivity contribution >= 4 is 22.6 Å². The summed E-state index contributed by atoms with van der Waals surface area (Å²) in [6.45, 7) is 2.26. The van der Waals surface area contributed by atoms with Gasteiger partial charge < -0.3 is 4.74 Å². The Kier molecular flexibility index (Phi) is 9.83. The predicted molar refractivity (Wildman–Crippen MR) is 141 cm³/mol. The third kappa shape index (κ3) is 6.30. The molecule has 1 atom stereocenters. The maximum atomic E-state index is 7.22. The molecule has 0 fully saturated rings. The van der Waals surface area contributed by atoms with Crippen LogP contribution in [0, 0.1) is 0 Å². The van der Waals surface area contributed by atoms with Crippen molar-refractivity contribution < 1.29 is 4.74 Å². The second kappa shape index (κ2) is 12.8. The van der Waals surface area contributed by atoms with Gasteiger partial charge in [0.1, 0.15) is 5.60 Å². The minimum absolute atomic E-state index is 0.142. The summed E-state index contributed by atoms with van der Waals surface area (Å²) in [6.07, 6.45) is 9.36. The minimum Gasteiger partial charge on any atom is -0.357 e. The first-order chi connectivity index (χ1) is 15.3. The van der Waals surface area contributed by atoms with Crippen LogP contribution in [0.5, 0.6) is 0 Å². The Morgan fingerprint density at radius 1 is 0.742 bits per heavy atom. The van der Waals surface area contributed by atoms with Gasteiger partial charge >= 0.3 is 0 Å². The van der Waals surface area contributed by atoms with E-state index in [1.807, 2.05) is 0 Å². The Hall–Kier alpha value is -1.91. The summed E-state index contributed by atoms with van der Waals surface area (Å²) in [4.78, 5) is 0. The fourth-order valence-corrected chi connectivity index (χ4v) is 4.49. The van der Waals surface area contributed by atoms with Crippen LogP contribution in [0.15, 0.2) is 101 Å². The highest BCUT2D eigenvalue weighted by molar-refractivity contribution is 14.1. The molecule has 0 amide bonds. The Morgan fingerprint density at radius 3 is 1.65 bits per heavy atom. The van der Waals surface area contributed by atoms with E-state index in [0.29, 0.717) is 0 Å². The Balaban J connectivity index is 2.09. The summed E-state index contributed by atoms with van der Waals surface area (Å²) in [5.74, 6) is 0. The van der Waals surface area contributed by atoms with Crippen molar-refractivity contribution in [3.63, 3.8) is 0 Å². The highest BCUT2D eigenvalue weighted by Crippen LogP contribution is 2.42. The molecule has 31 heavy (non-hydrogen) atoms. The van der Waals surface area contributed by atoms with Gasteiger partial charge in [0, 0.05) is 0 Å². The second-order valence-electron chi connectivity index (χ2n) is 7.97. The molecule has 0 bridgehead atoms. The minimum atomic E-state index is -0.641. The molecular formula is C29H33IO. The number of unbranched alkanes of at least 4 members (excludes halogenated alkanes) is 3. The average molecular weight is 524 g/mol. The van der Waals surface area contributed by atoms with E-state index in [0.717, 1.165) is 12.8 Å². The molecule has 1 unspecified atom stereocenters. The molecular weight excluding hydrogens is 491 g/mol. The first kappa shape index (κ1) is 23.7. The van der Waals surface area contributed by atoms with Gasteiger partial charge in [0.25, 0.3) is 0 Å². The summed E-state index contributed by atoms with van der Waals surface area (Å²) < 4.78 is 9.33. The van der Waals surface area contributed by atoms with Crippen LogP contribution in [0.2, 0.25) is 0 Å². The Morgan fingerprint density at radius 2 is 1.23 bits per heavy atom. The summed E-state index contributed by atoms with van der Waals surface area (Å²) in [7, 11) is 0. The highest BCUT2D eigenvalue weighted by Gasteiger charge is 2.39. The summed E-state index contributed by atoms with van der Waals surface area (Å²) in [6, 6.07) is 32.1. The van der Waals surface area contributed by atoms with Gasteiger partial charge in [0.15, 0.2) is 0 Å². The molecule has 0 saturated heterocycles. The zero-order valence-corrected chi connectivity index (χ0v) is 20.6. The number of hydrogen-bond acceptors (Lipinski definition) is 1. The summed E-state index contributed by atoms with van der Waals surface area (Å²) in [5.41, 5.74) is 2.87. The van der Waals surface area contributed by atoms with Gasteiger partial charge in [-0.2, -0.15) is 0 Å². The SMILES string of the molecule is CCCCCCC(C/C=C/I)OC(c1ccccc1)(c1ccccc1)c1ccccc1. The van der Waals surface area contributed by atoms with Crippen LogP contribution in [0.25, 0.3) is 0 Å². The van der Waals surface area contributed by atoms with Crippen molar-refractivity contribution in [2.45, 2.75) is 57.2 Å². The van der Waals surface area contributed by atoms with Crippen molar-refractivity contribution in [1.29, 1.82) is 0 Å². The molecule has 0 saturated carbocycles. The third-order valence-corrected chi connectivity index (χ3v) is 6.26. The molecule has 3 rings (SSSR count). The van der Waals surface area contributed by atoms with Crippen LogP contribution in [-0.4, -0.2) is 6.10 Å². The van der Waals surface area contributed by atoms with Gasteiger partial charge in [-0.05, 0) is 33.6 Å². The molecule has 0 heterocycles. The number of ether oxygens (including phenoxy) is 1. The lowest BCUT2D eigenvalue weighted by Gasteiger charge is -2.39. The molecule has 0 aromatic heterocycles. The lowest BCUT2D eigenvalue weighted by atomic mass is 9.79. The van der Waals surface area contributed by atoms with Crippen molar-refractivity contribution in [3.8, 4) is 0 Å². The van der Waals surface area contributed by atoms with Crippen LogP contribution < -0.4 is 0 Å². The summed E-state index contributed by atoms with van der Waals surface area (Å²) >= 11 is 2.31. The van der Waals surface area contributed by atoms with Crippen LogP contribution in [0.3, 0.4) is 0 Å². The smallest absolute Gasteiger partial charge is 0.144 e. The zero-order chi connectivity index (χ0) is 21.8. The van der Waals surface area contributed by atoms with Gasteiger partial charge in [-0.15, -0.1) is 0 Å². The largest absolute Gasteiger partial charge is 0.357 e. The second-order valence-corrected chi connectivity index (χ2v) is 8.69. The predicted octanol–water partition coefficient (Wildman–Crippen LogP) is 8.67. The van der Waals surface area contributed by atoms with Crippen molar-refractivity contribution in [2.75, 3.05) is 0 Å². The van der Waals surface area contributed by atoms with Gasteiger partial charge in [0.05, 0.1) is 6.10 Å². The lowest BCUT2D eigenvalue weighted by molar-refractivity contribution is -0.0502. The first-order valence-electron chi connectivity index (χ1n) is 11.4. The molecule has 0 aliphatic rings. The fourth-order valence-electron chi connectivity index (χ4n) is 4.20. The van der Waals surface area contributed by atoms with Crippen molar-refractivity contribution in [2.24, 2.45) is 0 Å². The van der Waals surface area contributed by atoms with Crippen LogP contribution in [0.4, 0.5) is 0 Å². The number of hydrogen-bond donors (Lipinski definition) is 0. The maximum absolute atomic E-state index is 7.22. The highest BCUT2D eigenvalue weighted by atomic mass is 127. The molecule has 0 radical (unpaired) electrons. The first-order valence-corrected chi connectivity index (χ1v) is 12.7. The number of rotatable bonds is 12. The topological polar surface area (TPSA) is 9.23 Å². The Labute approximate surface area is 201 Å². The van der Waals surface area contributed by atoms with E-state index < -0.39 is 5.60 Å². The van der Waals surface area contributed by atoms with E-state index >= 15 is 0 Å². The molecule has 0 spiro atoms. The third-order valence-electron chi connectivity index (χ3n) is 5.75. The number of halogens is 1. The molecule has 2 heteroatoms. The molecule has 3 aromatic rings. The quantitative estimate of drug-likeness (QED) is 0.131. The standard InChI is InChI=1S/C29H33IO/c1-2-3-4-14-22-28(23-15-24-30)31-29(25-16-8-5-9-17-25,26-18-10-6-11-19-26)27-20-12-7-13-21-27/h5-13,15-21,24,28H,2-4,14,22-23H2,1H3/b24-15+. The lowest BCUT2D eigenvalue weighted by Crippen LogP contribution is -2.37. The van der Waals surface area contributed by atoms with E-state index in [1.54, 1.807) is 0 Å². The van der Waals surface area contributed by atoms with E-state index in [4.69, 9.17) is 4.74 Å². The molecule has 3 aromatic carbocycles. The van der Waals surface area contributed by atoms with Gasteiger partial charge in [0.2, 0.25) is 0 Å². The number of benzene rings is 3. The van der Waals surface area contributed by atoms with E-state index in [9.17, 15) is 0 Å². The van der Waals surface area contributed by atoms with E-state index in [-0.39, 0.29) is 6.10 Å². The van der Waals surface area contributed by atoms with Gasteiger partial charge in [-0.1, -0.05) is 152 Å². The average Bonchev–Trinajstić information content (AvgIpc) is 2.85. The monoisotopic (exact) mass is 524 g/mol. The van der Waals surface area contributed by atoms with Crippen molar-refractivity contribution in [3.05, 3.63) is 118 Å². The van der Waals surface area contributed by atoms with E-state index in [1.165, 1.54) is 42.4 Å².